The first-order valence-electron chi connectivity index (χ1n) is 15.3. The minimum Gasteiger partial charge on any atom is -0.480 e. The Morgan fingerprint density at radius 1 is 0.556 bits per heavy atom. The third-order valence-electron chi connectivity index (χ3n) is 8.86. The Morgan fingerprint density at radius 2 is 1.11 bits per heavy atom. The van der Waals surface area contributed by atoms with E-state index in [0.717, 1.165) is 71.4 Å². The third kappa shape index (κ3) is 4.45. The maximum absolute atomic E-state index is 16.5. The van der Waals surface area contributed by atoms with Crippen LogP contribution < -0.4 is 20.7 Å². The van der Waals surface area contributed by atoms with Crippen LogP contribution in [0.3, 0.4) is 0 Å². The van der Waals surface area contributed by atoms with E-state index in [0.29, 0.717) is 0 Å². The standard InChI is InChI=1S/C42H31O2P/c1-29-26-27-34-36(28-29)38(30-16-6-2-7-17-30)39-35-24-14-15-25-37(35)44-41(31-18-8-3-9-19-31)40(39)42(34)45(43,32-20-10-4-11-21-32)33-22-12-5-13-23-33/h2-28,41H,1H3. The second-order valence-electron chi connectivity index (χ2n) is 11.6. The first kappa shape index (κ1) is 27.4. The largest absolute Gasteiger partial charge is 0.480 e. The van der Waals surface area contributed by atoms with Crippen LogP contribution in [0, 0.1) is 6.92 Å². The number of aryl methyl sites for hydroxylation is 1. The number of benzene rings is 7. The van der Waals surface area contributed by atoms with Crippen molar-refractivity contribution in [2.45, 2.75) is 13.0 Å². The molecule has 216 valence electrons. The summed E-state index contributed by atoms with van der Waals surface area (Å²) in [6.45, 7) is 2.13. The molecule has 45 heavy (non-hydrogen) atoms. The van der Waals surface area contributed by atoms with E-state index in [1.54, 1.807) is 0 Å². The highest BCUT2D eigenvalue weighted by Crippen LogP contribution is 2.56. The summed E-state index contributed by atoms with van der Waals surface area (Å²) in [6.07, 6.45) is -0.472. The molecule has 1 heterocycles. The van der Waals surface area contributed by atoms with E-state index in [9.17, 15) is 0 Å². The summed E-state index contributed by atoms with van der Waals surface area (Å²) in [5, 5.41) is 4.52. The number of hydrogen-bond donors (Lipinski definition) is 0. The Bertz CT molecular complexity index is 2170. The quantitative estimate of drug-likeness (QED) is 0.185. The molecule has 0 amide bonds. The zero-order valence-corrected chi connectivity index (χ0v) is 25.8. The van der Waals surface area contributed by atoms with Gasteiger partial charge in [-0.05, 0) is 40.5 Å². The summed E-state index contributed by atoms with van der Waals surface area (Å²) in [5.41, 5.74) is 7.48. The molecule has 0 fully saturated rings. The van der Waals surface area contributed by atoms with Crippen LogP contribution in [0.2, 0.25) is 0 Å². The molecule has 0 radical (unpaired) electrons. The number of hydrogen-bond acceptors (Lipinski definition) is 2. The van der Waals surface area contributed by atoms with Crippen molar-refractivity contribution in [1.82, 2.24) is 0 Å². The van der Waals surface area contributed by atoms with Crippen LogP contribution in [0.1, 0.15) is 22.8 Å². The fraction of sp³-hybridized carbons (Fsp3) is 0.0476. The van der Waals surface area contributed by atoms with Crippen molar-refractivity contribution in [3.63, 3.8) is 0 Å². The molecule has 3 heteroatoms. The zero-order chi connectivity index (χ0) is 30.4. The van der Waals surface area contributed by atoms with Crippen molar-refractivity contribution in [3.05, 3.63) is 180 Å². The van der Waals surface area contributed by atoms with Gasteiger partial charge in [-0.3, -0.25) is 0 Å². The van der Waals surface area contributed by atoms with Gasteiger partial charge in [-0.2, -0.15) is 0 Å². The Labute approximate surface area is 264 Å². The van der Waals surface area contributed by atoms with Gasteiger partial charge in [0.25, 0.3) is 0 Å². The SMILES string of the molecule is Cc1ccc2c(P(=O)(c3ccccc3)c3ccccc3)c3c(c(-c4ccccc4)c2c1)-c1ccccc1OC3c1ccccc1. The molecule has 0 saturated heterocycles. The smallest absolute Gasteiger partial charge is 0.172 e. The molecule has 0 bridgehead atoms. The lowest BCUT2D eigenvalue weighted by Gasteiger charge is -2.36. The van der Waals surface area contributed by atoms with Crippen LogP contribution in [0.5, 0.6) is 5.75 Å². The summed E-state index contributed by atoms with van der Waals surface area (Å²) in [4.78, 5) is 0. The highest BCUT2D eigenvalue weighted by Gasteiger charge is 2.41. The second-order valence-corrected chi connectivity index (χ2v) is 14.3. The van der Waals surface area contributed by atoms with Crippen LogP contribution in [-0.2, 0) is 4.57 Å². The van der Waals surface area contributed by atoms with Crippen LogP contribution in [0.25, 0.3) is 33.0 Å². The molecule has 1 aliphatic heterocycles. The van der Waals surface area contributed by atoms with E-state index in [2.05, 4.69) is 97.9 Å². The van der Waals surface area contributed by atoms with E-state index in [1.807, 2.05) is 72.8 Å². The van der Waals surface area contributed by atoms with Gasteiger partial charge in [-0.1, -0.05) is 163 Å². The fourth-order valence-corrected chi connectivity index (χ4v) is 9.99. The molecule has 1 unspecified atom stereocenters. The van der Waals surface area contributed by atoms with Crippen LogP contribution in [-0.4, -0.2) is 0 Å². The third-order valence-corrected chi connectivity index (χ3v) is 12.0. The molecule has 1 aliphatic rings. The lowest BCUT2D eigenvalue weighted by molar-refractivity contribution is 0.245. The molecular formula is C42H31O2P. The molecule has 0 saturated carbocycles. The number of fused-ring (bicyclic) bond motifs is 4. The van der Waals surface area contributed by atoms with Gasteiger partial charge in [0.05, 0.1) is 0 Å². The predicted octanol–water partition coefficient (Wildman–Crippen LogP) is 9.60. The van der Waals surface area contributed by atoms with E-state index in [1.165, 1.54) is 0 Å². The first-order chi connectivity index (χ1) is 22.1. The van der Waals surface area contributed by atoms with Gasteiger partial charge in [0.2, 0.25) is 0 Å². The molecule has 7 aromatic carbocycles. The lowest BCUT2D eigenvalue weighted by Crippen LogP contribution is -2.32. The van der Waals surface area contributed by atoms with Crippen molar-refractivity contribution in [2.75, 3.05) is 0 Å². The van der Waals surface area contributed by atoms with Gasteiger partial charge in [-0.25, -0.2) is 0 Å². The normalized spacial score (nSPS) is 13.9. The van der Waals surface area contributed by atoms with Crippen LogP contribution >= 0.6 is 7.14 Å². The molecule has 0 aromatic heterocycles. The average Bonchev–Trinajstić information content (AvgIpc) is 3.11. The van der Waals surface area contributed by atoms with Crippen molar-refractivity contribution in [1.29, 1.82) is 0 Å². The minimum atomic E-state index is -3.46. The average molecular weight is 599 g/mol. The molecule has 2 nitrogen and oxygen atoms in total. The van der Waals surface area contributed by atoms with Crippen molar-refractivity contribution >= 4 is 33.8 Å². The number of rotatable bonds is 5. The summed E-state index contributed by atoms with van der Waals surface area (Å²) in [6, 6.07) is 55.8. The predicted molar refractivity (Wildman–Crippen MR) is 188 cm³/mol. The zero-order valence-electron chi connectivity index (χ0n) is 24.9. The Balaban J connectivity index is 1.65. The first-order valence-corrected chi connectivity index (χ1v) is 17.0. The number of ether oxygens (including phenoxy) is 1. The van der Waals surface area contributed by atoms with Crippen LogP contribution in [0.4, 0.5) is 0 Å². The summed E-state index contributed by atoms with van der Waals surface area (Å²) < 4.78 is 23.5. The van der Waals surface area contributed by atoms with Crippen LogP contribution in [0.15, 0.2) is 164 Å². The van der Waals surface area contributed by atoms with Gasteiger partial charge in [0, 0.05) is 32.6 Å². The highest BCUT2D eigenvalue weighted by atomic mass is 31.2. The molecule has 0 N–H and O–H groups in total. The second kappa shape index (κ2) is 11.1. The Hall–Kier alpha value is -5.17. The minimum absolute atomic E-state index is 0.472. The van der Waals surface area contributed by atoms with Gasteiger partial charge in [0.15, 0.2) is 13.2 Å². The summed E-state index contributed by atoms with van der Waals surface area (Å²) in [7, 11) is -3.46. The monoisotopic (exact) mass is 598 g/mol. The van der Waals surface area contributed by atoms with Gasteiger partial charge < -0.3 is 9.30 Å². The van der Waals surface area contributed by atoms with E-state index < -0.39 is 13.2 Å². The molecule has 1 atom stereocenters. The Kier molecular flexibility index (Phi) is 6.74. The lowest BCUT2D eigenvalue weighted by atomic mass is 9.81. The molecule has 0 aliphatic carbocycles. The van der Waals surface area contributed by atoms with Gasteiger partial charge in [-0.15, -0.1) is 0 Å². The van der Waals surface area contributed by atoms with Gasteiger partial charge >= 0.3 is 0 Å². The van der Waals surface area contributed by atoms with Crippen molar-refractivity contribution < 1.29 is 9.30 Å². The maximum Gasteiger partial charge on any atom is 0.172 e. The molecular weight excluding hydrogens is 567 g/mol. The Morgan fingerprint density at radius 3 is 1.76 bits per heavy atom. The summed E-state index contributed by atoms with van der Waals surface area (Å²) in [5.74, 6) is 0.822. The van der Waals surface area contributed by atoms with E-state index in [4.69, 9.17) is 4.74 Å². The van der Waals surface area contributed by atoms with E-state index >= 15 is 4.57 Å². The summed E-state index contributed by atoms with van der Waals surface area (Å²) >= 11 is 0. The fourth-order valence-electron chi connectivity index (χ4n) is 6.89. The van der Waals surface area contributed by atoms with Crippen molar-refractivity contribution in [2.24, 2.45) is 0 Å². The molecule has 8 rings (SSSR count). The highest BCUT2D eigenvalue weighted by molar-refractivity contribution is 7.85. The molecule has 0 spiro atoms. The molecule has 7 aromatic rings. The van der Waals surface area contributed by atoms with Gasteiger partial charge in [0.1, 0.15) is 5.75 Å². The topological polar surface area (TPSA) is 26.3 Å². The van der Waals surface area contributed by atoms with E-state index in [-0.39, 0.29) is 0 Å². The maximum atomic E-state index is 16.5. The van der Waals surface area contributed by atoms with Crippen molar-refractivity contribution in [3.8, 4) is 28.0 Å². The number of para-hydroxylation sites is 1.